The highest BCUT2D eigenvalue weighted by Gasteiger charge is 2.39. The highest BCUT2D eigenvalue weighted by Crippen LogP contribution is 2.42. The zero-order valence-corrected chi connectivity index (χ0v) is 9.45. The van der Waals surface area contributed by atoms with Crippen LogP contribution in [0.25, 0.3) is 0 Å². The number of hydrogen-bond acceptors (Lipinski definition) is 2. The SMILES string of the molecule is N#CC1(CN2CCc3ccccc32)CCC1. The molecule has 3 rings (SSSR count). The van der Waals surface area contributed by atoms with Crippen LogP contribution in [0.15, 0.2) is 24.3 Å². The molecule has 0 atom stereocenters. The lowest BCUT2D eigenvalue weighted by Gasteiger charge is -2.39. The molecule has 0 amide bonds. The van der Waals surface area contributed by atoms with Crippen molar-refractivity contribution in [2.24, 2.45) is 5.41 Å². The summed E-state index contributed by atoms with van der Waals surface area (Å²) in [5.41, 5.74) is 2.75. The van der Waals surface area contributed by atoms with Crippen LogP contribution in [-0.4, -0.2) is 13.1 Å². The minimum atomic E-state index is -0.0442. The Kier molecular flexibility index (Phi) is 2.14. The molecule has 0 spiro atoms. The number of nitriles is 1. The van der Waals surface area contributed by atoms with Crippen LogP contribution >= 0.6 is 0 Å². The molecule has 1 fully saturated rings. The minimum absolute atomic E-state index is 0.0442. The van der Waals surface area contributed by atoms with Crippen molar-refractivity contribution in [3.05, 3.63) is 29.8 Å². The molecule has 1 aliphatic heterocycles. The molecule has 1 aliphatic carbocycles. The Morgan fingerprint density at radius 2 is 2.12 bits per heavy atom. The van der Waals surface area contributed by atoms with E-state index in [2.05, 4.69) is 35.2 Å². The van der Waals surface area contributed by atoms with Gasteiger partial charge in [-0.25, -0.2) is 0 Å². The monoisotopic (exact) mass is 212 g/mol. The summed E-state index contributed by atoms with van der Waals surface area (Å²) in [5.74, 6) is 0. The molecule has 1 heterocycles. The summed E-state index contributed by atoms with van der Waals surface area (Å²) in [6, 6.07) is 11.1. The van der Waals surface area contributed by atoms with Crippen molar-refractivity contribution < 1.29 is 0 Å². The quantitative estimate of drug-likeness (QED) is 0.753. The maximum absolute atomic E-state index is 9.27. The molecule has 1 saturated carbocycles. The number of fused-ring (bicyclic) bond motifs is 1. The van der Waals surface area contributed by atoms with Crippen LogP contribution in [0, 0.1) is 16.7 Å². The van der Waals surface area contributed by atoms with Gasteiger partial charge in [0.05, 0.1) is 11.5 Å². The molecule has 16 heavy (non-hydrogen) atoms. The summed E-state index contributed by atoms with van der Waals surface area (Å²) >= 11 is 0. The third-order valence-corrected chi connectivity index (χ3v) is 4.02. The van der Waals surface area contributed by atoms with E-state index in [4.69, 9.17) is 0 Å². The third kappa shape index (κ3) is 1.39. The first-order valence-corrected chi connectivity index (χ1v) is 6.07. The van der Waals surface area contributed by atoms with Crippen LogP contribution in [0.1, 0.15) is 24.8 Å². The van der Waals surface area contributed by atoms with Crippen LogP contribution in [0.4, 0.5) is 5.69 Å². The van der Waals surface area contributed by atoms with Gasteiger partial charge in [0.15, 0.2) is 0 Å². The maximum Gasteiger partial charge on any atom is 0.0748 e. The zero-order valence-electron chi connectivity index (χ0n) is 9.45. The molecule has 2 aliphatic rings. The first-order valence-electron chi connectivity index (χ1n) is 6.07. The van der Waals surface area contributed by atoms with Crippen LogP contribution in [-0.2, 0) is 6.42 Å². The predicted octanol–water partition coefficient (Wildman–Crippen LogP) is 2.74. The third-order valence-electron chi connectivity index (χ3n) is 4.02. The molecule has 2 heteroatoms. The van der Waals surface area contributed by atoms with E-state index in [9.17, 15) is 5.26 Å². The van der Waals surface area contributed by atoms with Gasteiger partial charge in [-0.2, -0.15) is 5.26 Å². The molecule has 0 bridgehead atoms. The number of para-hydroxylation sites is 1. The number of anilines is 1. The molecule has 82 valence electrons. The Bertz CT molecular complexity index is 440. The van der Waals surface area contributed by atoms with E-state index in [-0.39, 0.29) is 5.41 Å². The molecule has 0 radical (unpaired) electrons. The zero-order chi connectivity index (χ0) is 11.0. The van der Waals surface area contributed by atoms with Gasteiger partial charge in [-0.15, -0.1) is 0 Å². The van der Waals surface area contributed by atoms with Gasteiger partial charge in [0, 0.05) is 18.8 Å². The molecule has 0 aromatic heterocycles. The van der Waals surface area contributed by atoms with Gasteiger partial charge in [-0.1, -0.05) is 24.6 Å². The van der Waals surface area contributed by atoms with Crippen molar-refractivity contribution >= 4 is 5.69 Å². The highest BCUT2D eigenvalue weighted by atomic mass is 15.2. The predicted molar refractivity (Wildman–Crippen MR) is 64.3 cm³/mol. The molecule has 0 saturated heterocycles. The molecule has 0 N–H and O–H groups in total. The van der Waals surface area contributed by atoms with E-state index in [0.717, 1.165) is 32.4 Å². The average molecular weight is 212 g/mol. The number of hydrogen-bond donors (Lipinski definition) is 0. The van der Waals surface area contributed by atoms with Gasteiger partial charge in [0.2, 0.25) is 0 Å². The lowest BCUT2D eigenvalue weighted by Crippen LogP contribution is -2.40. The van der Waals surface area contributed by atoms with Crippen molar-refractivity contribution in [1.82, 2.24) is 0 Å². The van der Waals surface area contributed by atoms with Crippen molar-refractivity contribution in [3.8, 4) is 6.07 Å². The van der Waals surface area contributed by atoms with E-state index in [0.29, 0.717) is 0 Å². The van der Waals surface area contributed by atoms with Crippen molar-refractivity contribution in [1.29, 1.82) is 5.26 Å². The fourth-order valence-corrected chi connectivity index (χ4v) is 2.84. The number of nitrogens with zero attached hydrogens (tertiary/aromatic N) is 2. The topological polar surface area (TPSA) is 27.0 Å². The number of rotatable bonds is 2. The first-order chi connectivity index (χ1) is 7.83. The Morgan fingerprint density at radius 3 is 2.81 bits per heavy atom. The minimum Gasteiger partial charge on any atom is -0.369 e. The fourth-order valence-electron chi connectivity index (χ4n) is 2.84. The van der Waals surface area contributed by atoms with Crippen LogP contribution in [0.2, 0.25) is 0 Å². The average Bonchev–Trinajstić information content (AvgIpc) is 2.67. The second-order valence-electron chi connectivity index (χ2n) is 5.05. The Labute approximate surface area is 96.5 Å². The maximum atomic E-state index is 9.27. The van der Waals surface area contributed by atoms with Gasteiger partial charge in [0.1, 0.15) is 0 Å². The molecule has 1 aromatic rings. The second kappa shape index (κ2) is 3.52. The standard InChI is InChI=1S/C14H16N2/c15-10-14(7-3-8-14)11-16-9-6-12-4-1-2-5-13(12)16/h1-2,4-5H,3,6-9,11H2. The molecular weight excluding hydrogens is 196 g/mol. The largest absolute Gasteiger partial charge is 0.369 e. The Balaban J connectivity index is 1.81. The van der Waals surface area contributed by atoms with Gasteiger partial charge in [0.25, 0.3) is 0 Å². The fraction of sp³-hybridized carbons (Fsp3) is 0.500. The highest BCUT2D eigenvalue weighted by molar-refractivity contribution is 5.58. The summed E-state index contributed by atoms with van der Waals surface area (Å²) in [6.07, 6.45) is 4.53. The van der Waals surface area contributed by atoms with Crippen LogP contribution < -0.4 is 4.90 Å². The molecular formula is C14H16N2. The summed E-state index contributed by atoms with van der Waals surface area (Å²) in [6.45, 7) is 2.02. The lowest BCUT2D eigenvalue weighted by atomic mass is 9.69. The van der Waals surface area contributed by atoms with Crippen molar-refractivity contribution in [2.45, 2.75) is 25.7 Å². The molecule has 2 nitrogen and oxygen atoms in total. The summed E-state index contributed by atoms with van der Waals surface area (Å²) < 4.78 is 0. The van der Waals surface area contributed by atoms with E-state index < -0.39 is 0 Å². The lowest BCUT2D eigenvalue weighted by molar-refractivity contribution is 0.221. The van der Waals surface area contributed by atoms with Crippen LogP contribution in [0.3, 0.4) is 0 Å². The molecule has 1 aromatic carbocycles. The van der Waals surface area contributed by atoms with Crippen molar-refractivity contribution in [2.75, 3.05) is 18.0 Å². The van der Waals surface area contributed by atoms with Gasteiger partial charge in [-0.3, -0.25) is 0 Å². The molecule has 0 unspecified atom stereocenters. The Hall–Kier alpha value is -1.49. The van der Waals surface area contributed by atoms with Gasteiger partial charge >= 0.3 is 0 Å². The summed E-state index contributed by atoms with van der Waals surface area (Å²) in [5, 5.41) is 9.27. The second-order valence-corrected chi connectivity index (χ2v) is 5.05. The van der Waals surface area contributed by atoms with Crippen LogP contribution in [0.5, 0.6) is 0 Å². The first kappa shape index (κ1) is 9.72. The van der Waals surface area contributed by atoms with E-state index in [1.807, 2.05) is 0 Å². The normalized spacial score (nSPS) is 21.1. The summed E-state index contributed by atoms with van der Waals surface area (Å²) in [7, 11) is 0. The smallest absolute Gasteiger partial charge is 0.0748 e. The summed E-state index contributed by atoms with van der Waals surface area (Å²) in [4.78, 5) is 2.40. The Morgan fingerprint density at radius 1 is 1.31 bits per heavy atom. The van der Waals surface area contributed by atoms with E-state index in [1.54, 1.807) is 0 Å². The van der Waals surface area contributed by atoms with Gasteiger partial charge < -0.3 is 4.90 Å². The number of benzene rings is 1. The van der Waals surface area contributed by atoms with E-state index in [1.165, 1.54) is 17.7 Å². The van der Waals surface area contributed by atoms with Crippen molar-refractivity contribution in [3.63, 3.8) is 0 Å². The van der Waals surface area contributed by atoms with Gasteiger partial charge in [-0.05, 0) is 30.9 Å². The van der Waals surface area contributed by atoms with E-state index >= 15 is 0 Å².